The molecule has 3 aromatic carbocycles. The summed E-state index contributed by atoms with van der Waals surface area (Å²) in [5.74, 6) is 1.31. The lowest BCUT2D eigenvalue weighted by atomic mass is 9.84. The summed E-state index contributed by atoms with van der Waals surface area (Å²) in [4.78, 5) is 0. The Morgan fingerprint density at radius 2 is 1.25 bits per heavy atom. The van der Waals surface area contributed by atoms with E-state index >= 15 is 0 Å². The van der Waals surface area contributed by atoms with Gasteiger partial charge in [-0.2, -0.15) is 0 Å². The van der Waals surface area contributed by atoms with E-state index in [0.29, 0.717) is 11.8 Å². The molecular formula is C30H28O2. The maximum atomic E-state index is 6.24. The van der Waals surface area contributed by atoms with Crippen molar-refractivity contribution in [3.05, 3.63) is 59.7 Å². The van der Waals surface area contributed by atoms with Crippen LogP contribution in [0.4, 0.5) is 0 Å². The fraction of sp³-hybridized carbons (Fsp3) is 0.400. The van der Waals surface area contributed by atoms with Crippen molar-refractivity contribution < 1.29 is 8.83 Å². The number of hydrogen-bond donors (Lipinski definition) is 0. The molecule has 5 aromatic rings. The summed E-state index contributed by atoms with van der Waals surface area (Å²) in [5.41, 5.74) is 6.34. The lowest BCUT2D eigenvalue weighted by Gasteiger charge is -2.21. The average Bonchev–Trinajstić information content (AvgIpc) is 3.40. The van der Waals surface area contributed by atoms with Gasteiger partial charge in [-0.3, -0.25) is 0 Å². The second-order valence-corrected chi connectivity index (χ2v) is 10.1. The van der Waals surface area contributed by atoms with Crippen LogP contribution in [0.5, 0.6) is 0 Å². The highest BCUT2D eigenvalue weighted by molar-refractivity contribution is 6.15. The van der Waals surface area contributed by atoms with Crippen molar-refractivity contribution in [2.24, 2.45) is 0 Å². The Morgan fingerprint density at radius 3 is 2.06 bits per heavy atom. The van der Waals surface area contributed by atoms with E-state index in [4.69, 9.17) is 8.83 Å². The summed E-state index contributed by atoms with van der Waals surface area (Å²) < 4.78 is 12.4. The van der Waals surface area contributed by atoms with Gasteiger partial charge in [0.2, 0.25) is 0 Å². The Kier molecular flexibility index (Phi) is 4.26. The number of benzene rings is 2. The first-order chi connectivity index (χ1) is 15.8. The zero-order chi connectivity index (χ0) is 21.1. The van der Waals surface area contributed by atoms with Gasteiger partial charge in [0.05, 0.1) is 0 Å². The number of fused-ring (bicyclic) bond motifs is 6. The highest BCUT2D eigenvalue weighted by Crippen LogP contribution is 2.40. The van der Waals surface area contributed by atoms with Gasteiger partial charge in [-0.1, -0.05) is 50.7 Å². The van der Waals surface area contributed by atoms with Gasteiger partial charge in [-0.15, -0.1) is 0 Å². The van der Waals surface area contributed by atoms with E-state index in [1.54, 1.807) is 0 Å². The molecular weight excluding hydrogens is 392 g/mol. The second-order valence-electron chi connectivity index (χ2n) is 10.1. The minimum absolute atomic E-state index is 0.617. The van der Waals surface area contributed by atoms with Crippen LogP contribution in [0.3, 0.4) is 0 Å². The largest absolute Gasteiger partial charge is 0.456 e. The van der Waals surface area contributed by atoms with Gasteiger partial charge >= 0.3 is 0 Å². The molecule has 0 atom stereocenters. The quantitative estimate of drug-likeness (QED) is 0.284. The highest BCUT2D eigenvalue weighted by Gasteiger charge is 2.20. The van der Waals surface area contributed by atoms with E-state index in [1.165, 1.54) is 96.9 Å². The molecule has 2 saturated carbocycles. The third kappa shape index (κ3) is 2.95. The van der Waals surface area contributed by atoms with Crippen LogP contribution in [0.15, 0.2) is 45.2 Å². The SMILES string of the molecule is c1c(C2CCCCC2)cc2c(c#1)oc1cc3oc4ccc(C5CCCCC5)cc4c3cc12. The third-order valence-corrected chi connectivity index (χ3v) is 8.08. The molecule has 2 heterocycles. The van der Waals surface area contributed by atoms with Crippen LogP contribution in [0.1, 0.15) is 87.2 Å². The first-order valence-corrected chi connectivity index (χ1v) is 12.5. The molecule has 0 amide bonds. The molecule has 0 spiro atoms. The molecule has 2 heteroatoms. The fourth-order valence-electron chi connectivity index (χ4n) is 6.28. The highest BCUT2D eigenvalue weighted by atomic mass is 16.3. The number of furan rings is 2. The third-order valence-electron chi connectivity index (χ3n) is 8.08. The van der Waals surface area contributed by atoms with Crippen molar-refractivity contribution in [2.45, 2.75) is 76.0 Å². The second kappa shape index (κ2) is 7.31. The predicted molar refractivity (Wildman–Crippen MR) is 130 cm³/mol. The zero-order valence-electron chi connectivity index (χ0n) is 18.5. The maximum Gasteiger partial charge on any atom is 0.185 e. The van der Waals surface area contributed by atoms with Gasteiger partial charge < -0.3 is 8.83 Å². The van der Waals surface area contributed by atoms with Crippen molar-refractivity contribution in [1.29, 1.82) is 0 Å². The summed E-state index contributed by atoms with van der Waals surface area (Å²) in [7, 11) is 0. The number of rotatable bonds is 2. The van der Waals surface area contributed by atoms with Gasteiger partial charge in [0.15, 0.2) is 5.58 Å². The molecule has 0 saturated heterocycles. The van der Waals surface area contributed by atoms with E-state index in [2.05, 4.69) is 48.5 Å². The summed E-state index contributed by atoms with van der Waals surface area (Å²) in [6.07, 6.45) is 13.3. The predicted octanol–water partition coefficient (Wildman–Crippen LogP) is 9.18. The molecule has 2 aliphatic carbocycles. The Hall–Kier alpha value is -2.92. The molecule has 2 aliphatic rings. The van der Waals surface area contributed by atoms with Crippen molar-refractivity contribution in [3.8, 4) is 0 Å². The van der Waals surface area contributed by atoms with Gasteiger partial charge in [-0.05, 0) is 73.4 Å². The fourth-order valence-corrected chi connectivity index (χ4v) is 6.28. The Bertz CT molecular complexity index is 1330. The lowest BCUT2D eigenvalue weighted by molar-refractivity contribution is 0.444. The first-order valence-electron chi connectivity index (χ1n) is 12.5. The van der Waals surface area contributed by atoms with E-state index in [9.17, 15) is 0 Å². The van der Waals surface area contributed by atoms with Gasteiger partial charge in [-0.25, -0.2) is 0 Å². The van der Waals surface area contributed by atoms with Crippen LogP contribution in [-0.2, 0) is 0 Å². The zero-order valence-corrected chi connectivity index (χ0v) is 18.5. The standard InChI is InChI=1S/C30H28O2/c1-3-7-19(8-4-1)21-11-13-27-23(15-21)25-17-26-24-16-22(20-9-5-2-6-10-20)12-14-28(24)32-30(26)18-29(25)31-27/h11,13,15-20H,1-10H2. The van der Waals surface area contributed by atoms with Crippen LogP contribution in [0.25, 0.3) is 43.9 Å². The lowest BCUT2D eigenvalue weighted by Crippen LogP contribution is -2.03. The van der Waals surface area contributed by atoms with Gasteiger partial charge in [0.25, 0.3) is 0 Å². The molecule has 160 valence electrons. The molecule has 0 radical (unpaired) electrons. The number of hydrogen-bond acceptors (Lipinski definition) is 2. The summed E-state index contributed by atoms with van der Waals surface area (Å²) in [6.45, 7) is 0. The van der Waals surface area contributed by atoms with Crippen molar-refractivity contribution >= 4 is 43.9 Å². The maximum absolute atomic E-state index is 6.24. The monoisotopic (exact) mass is 420 g/mol. The van der Waals surface area contributed by atoms with Gasteiger partial charge in [0.1, 0.15) is 16.7 Å². The van der Waals surface area contributed by atoms with E-state index in [-0.39, 0.29) is 0 Å². The van der Waals surface area contributed by atoms with E-state index in [0.717, 1.165) is 22.3 Å². The van der Waals surface area contributed by atoms with Gasteiger partial charge in [0, 0.05) is 33.2 Å². The molecule has 2 fully saturated rings. The molecule has 0 bridgehead atoms. The minimum atomic E-state index is 0.617. The van der Waals surface area contributed by atoms with Crippen molar-refractivity contribution in [3.63, 3.8) is 0 Å². The minimum Gasteiger partial charge on any atom is -0.456 e. The summed E-state index contributed by atoms with van der Waals surface area (Å²) in [5, 5.41) is 4.76. The normalized spacial score (nSPS) is 18.8. The van der Waals surface area contributed by atoms with Crippen molar-refractivity contribution in [2.75, 3.05) is 0 Å². The van der Waals surface area contributed by atoms with E-state index in [1.807, 2.05) is 0 Å². The first kappa shape index (κ1) is 18.6. The Morgan fingerprint density at radius 1 is 0.562 bits per heavy atom. The average molecular weight is 421 g/mol. The molecule has 7 rings (SSSR count). The van der Waals surface area contributed by atoms with Crippen LogP contribution in [0, 0.1) is 12.1 Å². The topological polar surface area (TPSA) is 26.3 Å². The van der Waals surface area contributed by atoms with Crippen LogP contribution in [0.2, 0.25) is 0 Å². The Balaban J connectivity index is 1.39. The molecule has 0 unspecified atom stereocenters. The summed E-state index contributed by atoms with van der Waals surface area (Å²) >= 11 is 0. The van der Waals surface area contributed by atoms with Crippen LogP contribution in [-0.4, -0.2) is 0 Å². The Labute approximate surface area is 188 Å². The van der Waals surface area contributed by atoms with Crippen LogP contribution >= 0.6 is 0 Å². The van der Waals surface area contributed by atoms with Crippen molar-refractivity contribution in [1.82, 2.24) is 0 Å². The van der Waals surface area contributed by atoms with Crippen LogP contribution < -0.4 is 0 Å². The van der Waals surface area contributed by atoms with E-state index < -0.39 is 0 Å². The molecule has 0 aliphatic heterocycles. The smallest absolute Gasteiger partial charge is 0.185 e. The summed E-state index contributed by atoms with van der Waals surface area (Å²) in [6, 6.07) is 20.2. The molecule has 0 N–H and O–H groups in total. The molecule has 2 nitrogen and oxygen atoms in total. The molecule has 2 aromatic heterocycles. The molecule has 32 heavy (non-hydrogen) atoms.